The molecule has 1 aliphatic rings. The lowest BCUT2D eigenvalue weighted by molar-refractivity contribution is -0.118. The predicted octanol–water partition coefficient (Wildman–Crippen LogP) is 3.93. The summed E-state index contributed by atoms with van der Waals surface area (Å²) in [6.07, 6.45) is 2.31. The third-order valence-corrected chi connectivity index (χ3v) is 4.35. The van der Waals surface area contributed by atoms with Crippen molar-refractivity contribution < 1.29 is 9.18 Å². The molecule has 2 rings (SSSR count). The topological polar surface area (TPSA) is 32.3 Å². The second-order valence-corrected chi connectivity index (χ2v) is 6.47. The van der Waals surface area contributed by atoms with Gasteiger partial charge in [0.2, 0.25) is 5.91 Å². The van der Waals surface area contributed by atoms with Gasteiger partial charge in [0.1, 0.15) is 5.82 Å². The van der Waals surface area contributed by atoms with Gasteiger partial charge in [-0.3, -0.25) is 9.69 Å². The van der Waals surface area contributed by atoms with E-state index in [0.717, 1.165) is 12.8 Å². The first kappa shape index (κ1) is 16.2. The fraction of sp³-hybridized carbons (Fsp3) is 0.562. The Labute approximate surface area is 130 Å². The molecule has 3 nitrogen and oxygen atoms in total. The summed E-state index contributed by atoms with van der Waals surface area (Å²) in [4.78, 5) is 14.5. The molecular weight excluding hydrogens is 291 g/mol. The molecular formula is C16H22ClFN2O. The average Bonchev–Trinajstić information content (AvgIpc) is 3.23. The van der Waals surface area contributed by atoms with Crippen molar-refractivity contribution in [3.05, 3.63) is 29.0 Å². The first-order valence-corrected chi connectivity index (χ1v) is 7.77. The number of hydrogen-bond donors (Lipinski definition) is 1. The third kappa shape index (κ3) is 4.42. The Kier molecular flexibility index (Phi) is 5.22. The van der Waals surface area contributed by atoms with Crippen LogP contribution < -0.4 is 5.32 Å². The molecule has 1 unspecified atom stereocenters. The molecule has 5 heteroatoms. The van der Waals surface area contributed by atoms with Crippen LogP contribution in [0.5, 0.6) is 0 Å². The minimum Gasteiger partial charge on any atom is -0.324 e. The lowest BCUT2D eigenvalue weighted by Gasteiger charge is -2.31. The summed E-state index contributed by atoms with van der Waals surface area (Å²) in [5.74, 6) is -0.0262. The van der Waals surface area contributed by atoms with E-state index in [0.29, 0.717) is 30.2 Å². The Morgan fingerprint density at radius 2 is 2.10 bits per heavy atom. The van der Waals surface area contributed by atoms with Crippen molar-refractivity contribution in [2.24, 2.45) is 5.92 Å². The minimum absolute atomic E-state index is 0.108. The minimum atomic E-state index is -0.411. The number of amides is 1. The van der Waals surface area contributed by atoms with E-state index in [2.05, 4.69) is 31.0 Å². The third-order valence-electron chi connectivity index (χ3n) is 4.04. The number of carbonyl (C=O) groups is 1. The van der Waals surface area contributed by atoms with Gasteiger partial charge in [0, 0.05) is 12.1 Å². The molecule has 0 aromatic heterocycles. The van der Waals surface area contributed by atoms with Crippen LogP contribution in [-0.4, -0.2) is 29.4 Å². The molecule has 0 heterocycles. The van der Waals surface area contributed by atoms with Crippen molar-refractivity contribution >= 4 is 23.2 Å². The highest BCUT2D eigenvalue weighted by Crippen LogP contribution is 2.30. The van der Waals surface area contributed by atoms with Crippen LogP contribution in [-0.2, 0) is 4.79 Å². The van der Waals surface area contributed by atoms with E-state index in [4.69, 9.17) is 11.6 Å². The smallest absolute Gasteiger partial charge is 0.238 e. The van der Waals surface area contributed by atoms with Gasteiger partial charge in [-0.2, -0.15) is 0 Å². The normalized spacial score (nSPS) is 16.3. The summed E-state index contributed by atoms with van der Waals surface area (Å²) in [7, 11) is 0. The zero-order chi connectivity index (χ0) is 15.6. The van der Waals surface area contributed by atoms with Gasteiger partial charge >= 0.3 is 0 Å². The predicted molar refractivity (Wildman–Crippen MR) is 84.1 cm³/mol. The van der Waals surface area contributed by atoms with Gasteiger partial charge < -0.3 is 5.32 Å². The molecule has 1 aromatic rings. The molecule has 0 spiro atoms. The summed E-state index contributed by atoms with van der Waals surface area (Å²) < 4.78 is 13.0. The molecule has 0 aliphatic heterocycles. The number of nitrogens with one attached hydrogen (secondary N) is 1. The van der Waals surface area contributed by atoms with Gasteiger partial charge in [0.15, 0.2) is 0 Å². The van der Waals surface area contributed by atoms with Crippen molar-refractivity contribution in [3.8, 4) is 0 Å². The van der Waals surface area contributed by atoms with Crippen LogP contribution >= 0.6 is 11.6 Å². The number of halogens is 2. The molecule has 0 bridgehead atoms. The summed E-state index contributed by atoms with van der Waals surface area (Å²) in [5, 5.41) is 2.99. The Balaban J connectivity index is 1.99. The maximum atomic E-state index is 13.0. The lowest BCUT2D eigenvalue weighted by Crippen LogP contribution is -2.43. The first-order valence-electron chi connectivity index (χ1n) is 7.39. The second kappa shape index (κ2) is 6.75. The molecule has 1 aromatic carbocycles. The fourth-order valence-electron chi connectivity index (χ4n) is 2.34. The van der Waals surface area contributed by atoms with Crippen LogP contribution in [0.2, 0.25) is 5.02 Å². The molecule has 0 radical (unpaired) electrons. The van der Waals surface area contributed by atoms with Crippen molar-refractivity contribution in [2.75, 3.05) is 11.9 Å². The molecule has 1 aliphatic carbocycles. The van der Waals surface area contributed by atoms with Crippen molar-refractivity contribution in [3.63, 3.8) is 0 Å². The van der Waals surface area contributed by atoms with Gasteiger partial charge in [0.25, 0.3) is 0 Å². The SMILES string of the molecule is CC(C)C(C)N(CC(=O)Nc1ccc(F)cc1Cl)C1CC1. The zero-order valence-electron chi connectivity index (χ0n) is 12.7. The average molecular weight is 313 g/mol. The number of nitrogens with zero attached hydrogens (tertiary/aromatic N) is 1. The fourth-order valence-corrected chi connectivity index (χ4v) is 2.56. The molecule has 0 saturated heterocycles. The van der Waals surface area contributed by atoms with Crippen LogP contribution in [0.25, 0.3) is 0 Å². The number of anilines is 1. The number of benzene rings is 1. The van der Waals surface area contributed by atoms with E-state index in [9.17, 15) is 9.18 Å². The number of carbonyl (C=O) groups excluding carboxylic acids is 1. The highest BCUT2D eigenvalue weighted by Gasteiger charge is 2.34. The Morgan fingerprint density at radius 1 is 1.43 bits per heavy atom. The highest BCUT2D eigenvalue weighted by atomic mass is 35.5. The molecule has 1 amide bonds. The van der Waals surface area contributed by atoms with Gasteiger partial charge in [-0.25, -0.2) is 4.39 Å². The second-order valence-electron chi connectivity index (χ2n) is 6.06. The van der Waals surface area contributed by atoms with Crippen LogP contribution in [0.15, 0.2) is 18.2 Å². The summed E-state index contributed by atoms with van der Waals surface area (Å²) in [6, 6.07) is 4.84. The molecule has 1 N–H and O–H groups in total. The van der Waals surface area contributed by atoms with Gasteiger partial charge in [-0.1, -0.05) is 25.4 Å². The van der Waals surface area contributed by atoms with E-state index in [1.807, 2.05) is 0 Å². The van der Waals surface area contributed by atoms with E-state index in [1.165, 1.54) is 18.2 Å². The van der Waals surface area contributed by atoms with Gasteiger partial charge in [-0.15, -0.1) is 0 Å². The first-order chi connectivity index (χ1) is 9.88. The standard InChI is InChI=1S/C16H22ClFN2O/c1-10(2)11(3)20(13-5-6-13)9-16(21)19-15-7-4-12(18)8-14(15)17/h4,7-8,10-11,13H,5-6,9H2,1-3H3,(H,19,21). The van der Waals surface area contributed by atoms with E-state index in [1.54, 1.807) is 0 Å². The van der Waals surface area contributed by atoms with E-state index < -0.39 is 5.82 Å². The lowest BCUT2D eigenvalue weighted by atomic mass is 10.0. The van der Waals surface area contributed by atoms with Gasteiger partial charge in [0.05, 0.1) is 17.3 Å². The molecule has 21 heavy (non-hydrogen) atoms. The van der Waals surface area contributed by atoms with Gasteiger partial charge in [-0.05, 0) is 43.9 Å². The van der Waals surface area contributed by atoms with E-state index in [-0.39, 0.29) is 10.9 Å². The van der Waals surface area contributed by atoms with Crippen LogP contribution in [0.1, 0.15) is 33.6 Å². The van der Waals surface area contributed by atoms with Crippen molar-refractivity contribution in [2.45, 2.75) is 45.7 Å². The Morgan fingerprint density at radius 3 is 2.62 bits per heavy atom. The molecule has 1 fully saturated rings. The van der Waals surface area contributed by atoms with Crippen LogP contribution in [0.3, 0.4) is 0 Å². The summed E-state index contributed by atoms with van der Waals surface area (Å²) >= 11 is 5.93. The summed E-state index contributed by atoms with van der Waals surface area (Å²) in [6.45, 7) is 6.82. The molecule has 1 saturated carbocycles. The largest absolute Gasteiger partial charge is 0.324 e. The molecule has 116 valence electrons. The maximum Gasteiger partial charge on any atom is 0.238 e. The monoisotopic (exact) mass is 312 g/mol. The zero-order valence-corrected chi connectivity index (χ0v) is 13.5. The number of hydrogen-bond acceptors (Lipinski definition) is 2. The Bertz CT molecular complexity index is 517. The van der Waals surface area contributed by atoms with Crippen LogP contribution in [0.4, 0.5) is 10.1 Å². The quantitative estimate of drug-likeness (QED) is 0.863. The van der Waals surface area contributed by atoms with Crippen molar-refractivity contribution in [1.82, 2.24) is 4.90 Å². The maximum absolute atomic E-state index is 13.0. The summed E-state index contributed by atoms with van der Waals surface area (Å²) in [5.41, 5.74) is 0.455. The van der Waals surface area contributed by atoms with Crippen molar-refractivity contribution in [1.29, 1.82) is 0 Å². The molecule has 1 atom stereocenters. The highest BCUT2D eigenvalue weighted by molar-refractivity contribution is 6.33. The van der Waals surface area contributed by atoms with E-state index >= 15 is 0 Å². The Hall–Kier alpha value is -1.13. The number of rotatable bonds is 6. The van der Waals surface area contributed by atoms with Crippen LogP contribution in [0, 0.1) is 11.7 Å².